The van der Waals surface area contributed by atoms with Crippen LogP contribution in [0.5, 0.6) is 11.6 Å². The van der Waals surface area contributed by atoms with Crippen LogP contribution in [0, 0.1) is 12.7 Å². The van der Waals surface area contributed by atoms with Gasteiger partial charge in [-0.1, -0.05) is 6.07 Å². The molecule has 1 aliphatic rings. The molecule has 3 nitrogen and oxygen atoms in total. The minimum absolute atomic E-state index is 0.269. The summed E-state index contributed by atoms with van der Waals surface area (Å²) in [6.45, 7) is 2.54. The van der Waals surface area contributed by atoms with Gasteiger partial charge in [-0.05, 0) is 43.0 Å². The molecule has 1 aliphatic carbocycles. The van der Waals surface area contributed by atoms with Crippen LogP contribution >= 0.6 is 0 Å². The summed E-state index contributed by atoms with van der Waals surface area (Å²) in [5.41, 5.74) is 1.72. The molecule has 20 heavy (non-hydrogen) atoms. The van der Waals surface area contributed by atoms with E-state index < -0.39 is 0 Å². The first kappa shape index (κ1) is 13.1. The third-order valence-electron chi connectivity index (χ3n) is 3.34. The first-order valence-corrected chi connectivity index (χ1v) is 6.83. The van der Waals surface area contributed by atoms with Gasteiger partial charge in [0.2, 0.25) is 5.88 Å². The van der Waals surface area contributed by atoms with Gasteiger partial charge in [0.05, 0.1) is 0 Å². The molecule has 0 unspecified atom stereocenters. The predicted molar refractivity (Wildman–Crippen MR) is 75.3 cm³/mol. The normalized spacial score (nSPS) is 14.3. The largest absolute Gasteiger partial charge is 0.439 e. The number of ether oxygens (including phenoxy) is 1. The van der Waals surface area contributed by atoms with E-state index in [4.69, 9.17) is 4.74 Å². The van der Waals surface area contributed by atoms with Crippen molar-refractivity contribution in [3.8, 4) is 11.6 Å². The summed E-state index contributed by atoms with van der Waals surface area (Å²) < 4.78 is 19.1. The number of aryl methyl sites for hydroxylation is 1. The Morgan fingerprint density at radius 1 is 1.30 bits per heavy atom. The Bertz CT molecular complexity index is 611. The van der Waals surface area contributed by atoms with Gasteiger partial charge < -0.3 is 10.1 Å². The van der Waals surface area contributed by atoms with Crippen LogP contribution in [0.2, 0.25) is 0 Å². The van der Waals surface area contributed by atoms with Gasteiger partial charge in [0.25, 0.3) is 0 Å². The van der Waals surface area contributed by atoms with Crippen LogP contribution in [0.1, 0.15) is 24.0 Å². The highest BCUT2D eigenvalue weighted by molar-refractivity contribution is 5.32. The Kier molecular flexibility index (Phi) is 3.65. The van der Waals surface area contributed by atoms with E-state index >= 15 is 0 Å². The average Bonchev–Trinajstić information content (AvgIpc) is 3.25. The van der Waals surface area contributed by atoms with Gasteiger partial charge in [-0.25, -0.2) is 9.37 Å². The summed E-state index contributed by atoms with van der Waals surface area (Å²) in [5.74, 6) is 0.685. The van der Waals surface area contributed by atoms with Gasteiger partial charge in [-0.15, -0.1) is 0 Å². The van der Waals surface area contributed by atoms with Crippen molar-refractivity contribution in [3.63, 3.8) is 0 Å². The monoisotopic (exact) mass is 272 g/mol. The maximum absolute atomic E-state index is 13.5. The lowest BCUT2D eigenvalue weighted by Crippen LogP contribution is -2.15. The molecule has 1 fully saturated rings. The van der Waals surface area contributed by atoms with Crippen molar-refractivity contribution >= 4 is 0 Å². The highest BCUT2D eigenvalue weighted by Crippen LogP contribution is 2.23. The summed E-state index contributed by atoms with van der Waals surface area (Å²) >= 11 is 0. The second kappa shape index (κ2) is 5.59. The van der Waals surface area contributed by atoms with E-state index in [0.717, 1.165) is 12.1 Å². The molecule has 0 spiro atoms. The van der Waals surface area contributed by atoms with Crippen LogP contribution in [0.3, 0.4) is 0 Å². The second-order valence-corrected chi connectivity index (χ2v) is 5.17. The minimum atomic E-state index is -0.269. The van der Waals surface area contributed by atoms with Gasteiger partial charge >= 0.3 is 0 Å². The molecular weight excluding hydrogens is 255 g/mol. The van der Waals surface area contributed by atoms with Crippen LogP contribution < -0.4 is 10.1 Å². The Morgan fingerprint density at radius 2 is 2.15 bits per heavy atom. The summed E-state index contributed by atoms with van der Waals surface area (Å²) in [6.07, 6.45) is 4.23. The summed E-state index contributed by atoms with van der Waals surface area (Å²) in [4.78, 5) is 4.16. The van der Waals surface area contributed by atoms with Crippen molar-refractivity contribution in [3.05, 3.63) is 53.5 Å². The van der Waals surface area contributed by atoms with Crippen molar-refractivity contribution in [2.24, 2.45) is 0 Å². The lowest BCUT2D eigenvalue weighted by molar-refractivity contribution is 0.456. The number of aromatic nitrogens is 1. The van der Waals surface area contributed by atoms with Crippen molar-refractivity contribution in [2.75, 3.05) is 0 Å². The molecule has 1 N–H and O–H groups in total. The molecule has 0 radical (unpaired) electrons. The van der Waals surface area contributed by atoms with Crippen molar-refractivity contribution in [1.29, 1.82) is 0 Å². The van der Waals surface area contributed by atoms with Gasteiger partial charge in [-0.3, -0.25) is 0 Å². The fraction of sp³-hybridized carbons (Fsp3) is 0.312. The third kappa shape index (κ3) is 3.33. The Hall–Kier alpha value is -1.94. The van der Waals surface area contributed by atoms with Crippen molar-refractivity contribution in [1.82, 2.24) is 10.3 Å². The SMILES string of the molecule is Cc1ccc(Oc2cc(CNC3CC3)ccn2)cc1F. The number of benzene rings is 1. The molecular formula is C16H17FN2O. The maximum atomic E-state index is 13.5. The molecule has 2 aromatic rings. The molecule has 1 saturated carbocycles. The lowest BCUT2D eigenvalue weighted by atomic mass is 10.2. The summed E-state index contributed by atoms with van der Waals surface area (Å²) in [5, 5.41) is 3.44. The highest BCUT2D eigenvalue weighted by Gasteiger charge is 2.19. The number of rotatable bonds is 5. The number of nitrogens with zero attached hydrogens (tertiary/aromatic N) is 1. The predicted octanol–water partition coefficient (Wildman–Crippen LogP) is 3.57. The van der Waals surface area contributed by atoms with Gasteiger partial charge in [0, 0.05) is 30.9 Å². The minimum Gasteiger partial charge on any atom is -0.439 e. The molecule has 0 atom stereocenters. The third-order valence-corrected chi connectivity index (χ3v) is 3.34. The molecule has 3 rings (SSSR count). The molecule has 104 valence electrons. The zero-order chi connectivity index (χ0) is 13.9. The fourth-order valence-corrected chi connectivity index (χ4v) is 1.92. The van der Waals surface area contributed by atoms with Gasteiger partial charge in [0.1, 0.15) is 11.6 Å². The quantitative estimate of drug-likeness (QED) is 0.903. The standard InChI is InChI=1S/C16H17FN2O/c1-11-2-5-14(9-15(11)17)20-16-8-12(6-7-18-16)10-19-13-3-4-13/h2,5-9,13,19H,3-4,10H2,1H3. The number of nitrogens with one attached hydrogen (secondary N) is 1. The van der Waals surface area contributed by atoms with Crippen molar-refractivity contribution < 1.29 is 9.13 Å². The van der Waals surface area contributed by atoms with Gasteiger partial charge in [0.15, 0.2) is 0 Å². The highest BCUT2D eigenvalue weighted by atomic mass is 19.1. The van der Waals surface area contributed by atoms with E-state index in [2.05, 4.69) is 10.3 Å². The van der Waals surface area contributed by atoms with Crippen LogP contribution in [-0.4, -0.2) is 11.0 Å². The van der Waals surface area contributed by atoms with E-state index in [0.29, 0.717) is 23.2 Å². The second-order valence-electron chi connectivity index (χ2n) is 5.17. The molecule has 0 amide bonds. The average molecular weight is 272 g/mol. The van der Waals surface area contributed by atoms with E-state index in [1.165, 1.54) is 18.9 Å². The topological polar surface area (TPSA) is 34.1 Å². The van der Waals surface area contributed by atoms with Crippen molar-refractivity contribution in [2.45, 2.75) is 32.4 Å². The number of hydrogen-bond acceptors (Lipinski definition) is 3. The first-order valence-electron chi connectivity index (χ1n) is 6.83. The molecule has 1 heterocycles. The maximum Gasteiger partial charge on any atom is 0.219 e. The molecule has 1 aromatic heterocycles. The summed E-state index contributed by atoms with van der Waals surface area (Å²) in [6, 6.07) is 9.33. The lowest BCUT2D eigenvalue weighted by Gasteiger charge is -2.08. The number of hydrogen-bond donors (Lipinski definition) is 1. The molecule has 0 aliphatic heterocycles. The first-order chi connectivity index (χ1) is 9.70. The Morgan fingerprint density at radius 3 is 2.90 bits per heavy atom. The number of halogens is 1. The zero-order valence-electron chi connectivity index (χ0n) is 11.4. The molecule has 1 aromatic carbocycles. The smallest absolute Gasteiger partial charge is 0.219 e. The number of pyridine rings is 1. The van der Waals surface area contributed by atoms with E-state index in [1.807, 2.05) is 12.1 Å². The molecule has 0 bridgehead atoms. The van der Waals surface area contributed by atoms with Gasteiger partial charge in [-0.2, -0.15) is 0 Å². The van der Waals surface area contributed by atoms with Crippen LogP contribution in [0.25, 0.3) is 0 Å². The van der Waals surface area contributed by atoms with E-state index in [-0.39, 0.29) is 5.82 Å². The molecule has 4 heteroatoms. The van der Waals surface area contributed by atoms with Crippen LogP contribution in [0.15, 0.2) is 36.5 Å². The summed E-state index contributed by atoms with van der Waals surface area (Å²) in [7, 11) is 0. The fourth-order valence-electron chi connectivity index (χ4n) is 1.92. The Labute approximate surface area is 117 Å². The Balaban J connectivity index is 1.69. The van der Waals surface area contributed by atoms with Crippen LogP contribution in [-0.2, 0) is 6.54 Å². The van der Waals surface area contributed by atoms with E-state index in [9.17, 15) is 4.39 Å². The molecule has 0 saturated heterocycles. The van der Waals surface area contributed by atoms with Crippen LogP contribution in [0.4, 0.5) is 4.39 Å². The zero-order valence-corrected chi connectivity index (χ0v) is 11.4. The van der Waals surface area contributed by atoms with E-state index in [1.54, 1.807) is 25.3 Å².